The minimum atomic E-state index is -1.08. The Bertz CT molecular complexity index is 692. The molecular weight excluding hydrogens is 258 g/mol. The lowest BCUT2D eigenvalue weighted by Crippen LogP contribution is -2.10. The fourth-order valence-electron chi connectivity index (χ4n) is 1.66. The minimum Gasteiger partial charge on any atom is -0.480 e. The molecule has 0 fully saturated rings. The molecule has 0 aliphatic carbocycles. The summed E-state index contributed by atoms with van der Waals surface area (Å²) in [5.41, 5.74) is 7.15. The number of pyridine rings is 1. The molecule has 0 saturated heterocycles. The van der Waals surface area contributed by atoms with Crippen molar-refractivity contribution in [2.24, 2.45) is 0 Å². The van der Waals surface area contributed by atoms with E-state index in [2.05, 4.69) is 4.98 Å². The summed E-state index contributed by atoms with van der Waals surface area (Å²) in [5, 5.41) is 17.6. The number of aromatic nitrogens is 1. The quantitative estimate of drug-likeness (QED) is 0.873. The zero-order valence-corrected chi connectivity index (χ0v) is 10.4. The molecule has 100 valence electrons. The molecule has 6 nitrogen and oxygen atoms in total. The van der Waals surface area contributed by atoms with E-state index in [4.69, 9.17) is 20.8 Å². The van der Waals surface area contributed by atoms with E-state index in [0.717, 1.165) is 0 Å². The summed E-state index contributed by atoms with van der Waals surface area (Å²) >= 11 is 0. The van der Waals surface area contributed by atoms with Crippen LogP contribution in [0.5, 0.6) is 5.75 Å². The van der Waals surface area contributed by atoms with E-state index in [1.165, 1.54) is 6.07 Å². The molecule has 0 spiro atoms. The van der Waals surface area contributed by atoms with Crippen molar-refractivity contribution in [2.45, 2.75) is 0 Å². The minimum absolute atomic E-state index is 0.282. The van der Waals surface area contributed by atoms with E-state index in [1.54, 1.807) is 30.3 Å². The molecule has 0 amide bonds. The standard InChI is InChI=1S/C14H11N3O3/c15-7-9-2-1-3-10(6-9)14-11(20-8-13(18)19)4-5-12(16)17-14/h1-6H,8H2,(H2,16,17)(H,18,19). The number of nitrogen functional groups attached to an aromatic ring is 1. The summed E-state index contributed by atoms with van der Waals surface area (Å²) in [6, 6.07) is 11.9. The third kappa shape index (κ3) is 3.03. The molecule has 2 rings (SSSR count). The highest BCUT2D eigenvalue weighted by Gasteiger charge is 2.11. The van der Waals surface area contributed by atoms with E-state index < -0.39 is 12.6 Å². The Kier molecular flexibility index (Phi) is 3.82. The van der Waals surface area contributed by atoms with Crippen LogP contribution in [0.1, 0.15) is 5.56 Å². The van der Waals surface area contributed by atoms with Crippen molar-refractivity contribution in [1.82, 2.24) is 4.98 Å². The first-order valence-electron chi connectivity index (χ1n) is 5.72. The SMILES string of the molecule is N#Cc1cccc(-c2nc(N)ccc2OCC(=O)O)c1. The van der Waals surface area contributed by atoms with Gasteiger partial charge in [-0.15, -0.1) is 0 Å². The van der Waals surface area contributed by atoms with E-state index in [0.29, 0.717) is 22.6 Å². The lowest BCUT2D eigenvalue weighted by molar-refractivity contribution is -0.139. The number of anilines is 1. The fourth-order valence-corrected chi connectivity index (χ4v) is 1.66. The Balaban J connectivity index is 2.45. The van der Waals surface area contributed by atoms with Gasteiger partial charge in [0.05, 0.1) is 11.6 Å². The summed E-state index contributed by atoms with van der Waals surface area (Å²) in [6.45, 7) is -0.476. The first-order valence-corrected chi connectivity index (χ1v) is 5.72. The van der Waals surface area contributed by atoms with E-state index >= 15 is 0 Å². The van der Waals surface area contributed by atoms with Gasteiger partial charge in [0.1, 0.15) is 17.3 Å². The van der Waals surface area contributed by atoms with Gasteiger partial charge < -0.3 is 15.6 Å². The highest BCUT2D eigenvalue weighted by Crippen LogP contribution is 2.29. The van der Waals surface area contributed by atoms with Crippen molar-refractivity contribution in [1.29, 1.82) is 5.26 Å². The number of aliphatic carboxylic acids is 1. The number of hydrogen-bond acceptors (Lipinski definition) is 5. The third-order valence-electron chi connectivity index (χ3n) is 2.50. The predicted molar refractivity (Wildman–Crippen MR) is 71.9 cm³/mol. The molecule has 0 aliphatic rings. The van der Waals surface area contributed by atoms with Gasteiger partial charge in [-0.2, -0.15) is 5.26 Å². The normalized spacial score (nSPS) is 9.75. The van der Waals surface area contributed by atoms with Gasteiger partial charge in [0, 0.05) is 5.56 Å². The maximum Gasteiger partial charge on any atom is 0.341 e. The second-order valence-corrected chi connectivity index (χ2v) is 3.96. The van der Waals surface area contributed by atoms with Crippen LogP contribution in [0.15, 0.2) is 36.4 Å². The van der Waals surface area contributed by atoms with Gasteiger partial charge in [-0.3, -0.25) is 0 Å². The van der Waals surface area contributed by atoms with Crippen LogP contribution in [0.25, 0.3) is 11.3 Å². The first kappa shape index (κ1) is 13.4. The molecule has 1 heterocycles. The van der Waals surface area contributed by atoms with Gasteiger partial charge in [-0.05, 0) is 24.3 Å². The number of ether oxygens (including phenoxy) is 1. The number of carboxylic acid groups (broad SMARTS) is 1. The van der Waals surface area contributed by atoms with Gasteiger partial charge in [0.2, 0.25) is 0 Å². The van der Waals surface area contributed by atoms with Crippen LogP contribution in [-0.2, 0) is 4.79 Å². The second-order valence-electron chi connectivity index (χ2n) is 3.96. The molecule has 0 unspecified atom stereocenters. The number of benzene rings is 1. The average molecular weight is 269 g/mol. The molecule has 0 bridgehead atoms. The number of nitrogens with zero attached hydrogens (tertiary/aromatic N) is 2. The van der Waals surface area contributed by atoms with Gasteiger partial charge in [0.15, 0.2) is 6.61 Å². The van der Waals surface area contributed by atoms with Crippen LogP contribution in [0, 0.1) is 11.3 Å². The summed E-state index contributed by atoms with van der Waals surface area (Å²) in [4.78, 5) is 14.7. The monoisotopic (exact) mass is 269 g/mol. The summed E-state index contributed by atoms with van der Waals surface area (Å²) in [7, 11) is 0. The molecule has 0 saturated carbocycles. The Morgan fingerprint density at radius 3 is 2.90 bits per heavy atom. The lowest BCUT2D eigenvalue weighted by Gasteiger charge is -2.10. The zero-order valence-electron chi connectivity index (χ0n) is 10.4. The number of carboxylic acids is 1. The maximum atomic E-state index is 10.6. The van der Waals surface area contributed by atoms with Crippen LogP contribution >= 0.6 is 0 Å². The maximum absolute atomic E-state index is 10.6. The first-order chi connectivity index (χ1) is 9.60. The number of nitrogens with two attached hydrogens (primary N) is 1. The number of nitriles is 1. The van der Waals surface area contributed by atoms with Crippen LogP contribution in [-0.4, -0.2) is 22.7 Å². The van der Waals surface area contributed by atoms with Crippen LogP contribution in [0.2, 0.25) is 0 Å². The van der Waals surface area contributed by atoms with Gasteiger partial charge >= 0.3 is 5.97 Å². The average Bonchev–Trinajstić information content (AvgIpc) is 2.46. The van der Waals surface area contributed by atoms with E-state index in [-0.39, 0.29) is 5.82 Å². The predicted octanol–water partition coefficient (Wildman–Crippen LogP) is 1.67. The van der Waals surface area contributed by atoms with E-state index in [1.807, 2.05) is 6.07 Å². The van der Waals surface area contributed by atoms with Crippen LogP contribution in [0.4, 0.5) is 5.82 Å². The molecular formula is C14H11N3O3. The molecule has 1 aromatic carbocycles. The molecule has 6 heteroatoms. The summed E-state index contributed by atoms with van der Waals surface area (Å²) < 4.78 is 5.18. The van der Waals surface area contributed by atoms with Crippen molar-refractivity contribution in [3.63, 3.8) is 0 Å². The lowest BCUT2D eigenvalue weighted by atomic mass is 10.1. The number of carbonyl (C=O) groups is 1. The summed E-state index contributed by atoms with van der Waals surface area (Å²) in [6.07, 6.45) is 0. The van der Waals surface area contributed by atoms with Gasteiger partial charge in [-0.1, -0.05) is 12.1 Å². The zero-order chi connectivity index (χ0) is 14.5. The highest BCUT2D eigenvalue weighted by molar-refractivity contribution is 5.71. The smallest absolute Gasteiger partial charge is 0.341 e. The third-order valence-corrected chi connectivity index (χ3v) is 2.50. The molecule has 0 aliphatic heterocycles. The largest absolute Gasteiger partial charge is 0.480 e. The van der Waals surface area contributed by atoms with Crippen molar-refractivity contribution >= 4 is 11.8 Å². The van der Waals surface area contributed by atoms with Crippen molar-refractivity contribution < 1.29 is 14.6 Å². The highest BCUT2D eigenvalue weighted by atomic mass is 16.5. The fraction of sp³-hybridized carbons (Fsp3) is 0.0714. The Labute approximate surface area is 115 Å². The van der Waals surface area contributed by atoms with Crippen molar-refractivity contribution in [2.75, 3.05) is 12.3 Å². The van der Waals surface area contributed by atoms with Crippen LogP contribution in [0.3, 0.4) is 0 Å². The van der Waals surface area contributed by atoms with Crippen LogP contribution < -0.4 is 10.5 Å². The second kappa shape index (κ2) is 5.71. The summed E-state index contributed by atoms with van der Waals surface area (Å²) in [5.74, 6) is -0.500. The Morgan fingerprint density at radius 1 is 1.40 bits per heavy atom. The van der Waals surface area contributed by atoms with Gasteiger partial charge in [-0.25, -0.2) is 9.78 Å². The number of rotatable bonds is 4. The van der Waals surface area contributed by atoms with Crippen molar-refractivity contribution in [3.05, 3.63) is 42.0 Å². The molecule has 2 aromatic rings. The number of hydrogen-bond donors (Lipinski definition) is 2. The molecule has 20 heavy (non-hydrogen) atoms. The molecule has 3 N–H and O–H groups in total. The molecule has 0 atom stereocenters. The Hall–Kier alpha value is -3.07. The topological polar surface area (TPSA) is 109 Å². The van der Waals surface area contributed by atoms with Gasteiger partial charge in [0.25, 0.3) is 0 Å². The van der Waals surface area contributed by atoms with Crippen molar-refractivity contribution in [3.8, 4) is 23.1 Å². The molecule has 1 aromatic heterocycles. The van der Waals surface area contributed by atoms with E-state index in [9.17, 15) is 4.79 Å². The Morgan fingerprint density at radius 2 is 2.20 bits per heavy atom. The molecule has 0 radical (unpaired) electrons.